The minimum absolute atomic E-state index is 0.0659. The highest BCUT2D eigenvalue weighted by Gasteiger charge is 2.40. The van der Waals surface area contributed by atoms with Gasteiger partial charge in [0.15, 0.2) is 17.5 Å². The summed E-state index contributed by atoms with van der Waals surface area (Å²) in [5.74, 6) is 2.08. The molecule has 1 heterocycles. The lowest BCUT2D eigenvalue weighted by atomic mass is 9.78. The van der Waals surface area contributed by atoms with Crippen molar-refractivity contribution in [2.75, 3.05) is 0 Å². The number of fused-ring (bicyclic) bond motifs is 5. The van der Waals surface area contributed by atoms with Crippen molar-refractivity contribution in [2.45, 2.75) is 32.1 Å². The zero-order chi connectivity index (χ0) is 30.1. The molecule has 0 aliphatic heterocycles. The van der Waals surface area contributed by atoms with E-state index in [-0.39, 0.29) is 5.41 Å². The smallest absolute Gasteiger partial charge is 0.165 e. The zero-order valence-electron chi connectivity index (χ0n) is 25.4. The largest absolute Gasteiger partial charge is 0.208 e. The molecule has 0 saturated carbocycles. The quantitative estimate of drug-likeness (QED) is 0.210. The minimum Gasteiger partial charge on any atom is -0.208 e. The Labute approximate surface area is 262 Å². The van der Waals surface area contributed by atoms with Crippen LogP contribution in [0.3, 0.4) is 0 Å². The zero-order valence-corrected chi connectivity index (χ0v) is 25.4. The summed E-state index contributed by atoms with van der Waals surface area (Å²) in [6, 6.07) is 40.9. The number of aromatic nitrogens is 3. The Hall–Kier alpha value is -5.41. The molecule has 0 unspecified atom stereocenters. The van der Waals surface area contributed by atoms with Crippen LogP contribution >= 0.6 is 0 Å². The number of rotatable bonds is 3. The van der Waals surface area contributed by atoms with Gasteiger partial charge in [-0.3, -0.25) is 0 Å². The Morgan fingerprint density at radius 2 is 1.09 bits per heavy atom. The van der Waals surface area contributed by atoms with Crippen LogP contribution in [-0.4, -0.2) is 15.0 Å². The molecule has 9 rings (SSSR count). The van der Waals surface area contributed by atoms with Crippen molar-refractivity contribution in [1.29, 1.82) is 0 Å². The fourth-order valence-corrected chi connectivity index (χ4v) is 7.47. The Kier molecular flexibility index (Phi) is 5.67. The molecule has 3 heteroatoms. The maximum Gasteiger partial charge on any atom is 0.165 e. The fourth-order valence-electron chi connectivity index (χ4n) is 7.47. The molecule has 6 aromatic carbocycles. The van der Waals surface area contributed by atoms with Crippen LogP contribution in [-0.2, 0) is 5.41 Å². The first-order valence-corrected chi connectivity index (χ1v) is 15.8. The predicted octanol–water partition coefficient (Wildman–Crippen LogP) is 10.7. The minimum atomic E-state index is -0.0659. The molecule has 0 bridgehead atoms. The maximum absolute atomic E-state index is 5.31. The lowest BCUT2D eigenvalue weighted by Crippen LogP contribution is -2.18. The molecule has 2 aliphatic rings. The monoisotopic (exact) mass is 577 g/mol. The lowest BCUT2D eigenvalue weighted by molar-refractivity contribution is 0.608. The summed E-state index contributed by atoms with van der Waals surface area (Å²) in [4.78, 5) is 15.8. The third kappa shape index (κ3) is 4.08. The molecule has 0 fully saturated rings. The standard InChI is InChI=1S/C42H31N3/c1-42(2)35-18-10-9-17-34(35)37-36(42)25-30-15-7-8-16-33(30)38(37)41-44-39(31-21-19-26-11-3-5-13-28(26)23-31)43-40(45-41)32-22-20-27-12-4-6-14-29(27)24-32/h3-9,11-17,19-25H,10,18H2,1-2H3. The van der Waals surface area contributed by atoms with Gasteiger partial charge >= 0.3 is 0 Å². The second kappa shape index (κ2) is 9.80. The summed E-state index contributed by atoms with van der Waals surface area (Å²) in [5.41, 5.74) is 8.46. The van der Waals surface area contributed by atoms with Gasteiger partial charge in [0.25, 0.3) is 0 Å². The number of nitrogens with zero attached hydrogens (tertiary/aromatic N) is 3. The van der Waals surface area contributed by atoms with Crippen LogP contribution in [0.1, 0.15) is 37.8 Å². The average Bonchev–Trinajstić information content (AvgIpc) is 3.32. The van der Waals surface area contributed by atoms with Gasteiger partial charge in [0, 0.05) is 22.1 Å². The molecule has 0 radical (unpaired) electrons. The van der Waals surface area contributed by atoms with Crippen LogP contribution in [0.5, 0.6) is 0 Å². The summed E-state index contributed by atoms with van der Waals surface area (Å²) in [5, 5.41) is 7.10. The predicted molar refractivity (Wildman–Crippen MR) is 187 cm³/mol. The number of hydrogen-bond acceptors (Lipinski definition) is 3. The summed E-state index contributed by atoms with van der Waals surface area (Å²) in [6.07, 6.45) is 6.80. The van der Waals surface area contributed by atoms with Crippen LogP contribution in [0.15, 0.2) is 133 Å². The van der Waals surface area contributed by atoms with Crippen molar-refractivity contribution in [3.63, 3.8) is 0 Å². The molecule has 0 amide bonds. The normalized spacial score (nSPS) is 15.2. The second-order valence-electron chi connectivity index (χ2n) is 12.8. The first-order valence-electron chi connectivity index (χ1n) is 15.8. The molecule has 0 saturated heterocycles. The first-order chi connectivity index (χ1) is 22.0. The molecule has 2 aliphatic carbocycles. The van der Waals surface area contributed by atoms with Gasteiger partial charge in [0.2, 0.25) is 0 Å². The molecular weight excluding hydrogens is 546 g/mol. The van der Waals surface area contributed by atoms with E-state index in [2.05, 4.69) is 141 Å². The molecule has 1 aromatic heterocycles. The summed E-state index contributed by atoms with van der Waals surface area (Å²) < 4.78 is 0. The fraction of sp³-hybridized carbons (Fsp3) is 0.119. The van der Waals surface area contributed by atoms with E-state index in [1.807, 2.05) is 0 Å². The van der Waals surface area contributed by atoms with Gasteiger partial charge in [-0.05, 0) is 80.1 Å². The molecular formula is C42H31N3. The van der Waals surface area contributed by atoms with Crippen LogP contribution in [0, 0.1) is 0 Å². The van der Waals surface area contributed by atoms with Gasteiger partial charge in [0.05, 0.1) is 0 Å². The van der Waals surface area contributed by atoms with Crippen LogP contribution in [0.4, 0.5) is 0 Å². The number of allylic oxidation sites excluding steroid dienone is 4. The molecule has 3 nitrogen and oxygen atoms in total. The first kappa shape index (κ1) is 26.0. The second-order valence-corrected chi connectivity index (χ2v) is 12.8. The van der Waals surface area contributed by atoms with Gasteiger partial charge in [0.1, 0.15) is 0 Å². The highest BCUT2D eigenvalue weighted by Crippen LogP contribution is 2.54. The Morgan fingerprint density at radius 3 is 1.73 bits per heavy atom. The van der Waals surface area contributed by atoms with E-state index in [4.69, 9.17) is 15.0 Å². The van der Waals surface area contributed by atoms with Crippen LogP contribution in [0.25, 0.3) is 72.1 Å². The van der Waals surface area contributed by atoms with Crippen molar-refractivity contribution in [3.05, 3.63) is 144 Å². The average molecular weight is 578 g/mol. The summed E-state index contributed by atoms with van der Waals surface area (Å²) >= 11 is 0. The molecule has 7 aromatic rings. The number of hydrogen-bond donors (Lipinski definition) is 0. The molecule has 0 atom stereocenters. The van der Waals surface area contributed by atoms with E-state index in [1.165, 1.54) is 54.6 Å². The lowest BCUT2D eigenvalue weighted by Gasteiger charge is -2.26. The Morgan fingerprint density at radius 1 is 0.533 bits per heavy atom. The molecule has 0 N–H and O–H groups in total. The van der Waals surface area contributed by atoms with Crippen molar-refractivity contribution in [2.24, 2.45) is 0 Å². The molecule has 214 valence electrons. The van der Waals surface area contributed by atoms with Crippen LogP contribution in [0.2, 0.25) is 0 Å². The maximum atomic E-state index is 5.31. The van der Waals surface area contributed by atoms with E-state index >= 15 is 0 Å². The van der Waals surface area contributed by atoms with E-state index in [0.29, 0.717) is 17.5 Å². The van der Waals surface area contributed by atoms with E-state index < -0.39 is 0 Å². The van der Waals surface area contributed by atoms with Gasteiger partial charge < -0.3 is 0 Å². The third-order valence-corrected chi connectivity index (χ3v) is 9.79. The molecule has 0 spiro atoms. The Bertz CT molecular complexity index is 2310. The van der Waals surface area contributed by atoms with Crippen LogP contribution < -0.4 is 0 Å². The van der Waals surface area contributed by atoms with Crippen molar-refractivity contribution < 1.29 is 0 Å². The molecule has 45 heavy (non-hydrogen) atoms. The van der Waals surface area contributed by atoms with Gasteiger partial charge in [-0.1, -0.05) is 129 Å². The van der Waals surface area contributed by atoms with Crippen molar-refractivity contribution in [1.82, 2.24) is 15.0 Å². The van der Waals surface area contributed by atoms with Gasteiger partial charge in [-0.2, -0.15) is 0 Å². The van der Waals surface area contributed by atoms with Crippen molar-refractivity contribution in [3.8, 4) is 34.2 Å². The van der Waals surface area contributed by atoms with Gasteiger partial charge in [-0.15, -0.1) is 0 Å². The third-order valence-electron chi connectivity index (χ3n) is 9.79. The Balaban J connectivity index is 1.37. The highest BCUT2D eigenvalue weighted by atomic mass is 15.0. The van der Waals surface area contributed by atoms with E-state index in [9.17, 15) is 0 Å². The highest BCUT2D eigenvalue weighted by molar-refractivity contribution is 6.06. The SMILES string of the molecule is CC1(C)C2=C(C=CCC2)c2c1cc1ccccc1c2-c1nc(-c2ccc3ccccc3c2)nc(-c2ccc3ccccc3c2)n1. The van der Waals surface area contributed by atoms with Crippen molar-refractivity contribution >= 4 is 37.9 Å². The topological polar surface area (TPSA) is 38.7 Å². The summed E-state index contributed by atoms with van der Waals surface area (Å²) in [6.45, 7) is 4.75. The van der Waals surface area contributed by atoms with Gasteiger partial charge in [-0.25, -0.2) is 15.0 Å². The van der Waals surface area contributed by atoms with E-state index in [1.54, 1.807) is 0 Å². The number of benzene rings is 6. The summed E-state index contributed by atoms with van der Waals surface area (Å²) in [7, 11) is 0. The van der Waals surface area contributed by atoms with E-state index in [0.717, 1.165) is 29.5 Å².